The monoisotopic (exact) mass is 346 g/mol. The molecule has 3 aromatic rings. The minimum Gasteiger partial charge on any atom is -0.249 e. The van der Waals surface area contributed by atoms with Crippen molar-refractivity contribution in [1.29, 1.82) is 0 Å². The highest BCUT2D eigenvalue weighted by Crippen LogP contribution is 2.27. The lowest BCUT2D eigenvalue weighted by Gasteiger charge is -2.10. The third-order valence-corrected chi connectivity index (χ3v) is 5.57. The highest BCUT2D eigenvalue weighted by Gasteiger charge is 2.13. The highest BCUT2D eigenvalue weighted by atomic mass is 32.2. The van der Waals surface area contributed by atoms with Gasteiger partial charge in [0.2, 0.25) is 0 Å². The predicted octanol–water partition coefficient (Wildman–Crippen LogP) is 5.92. The summed E-state index contributed by atoms with van der Waals surface area (Å²) < 4.78 is 13.3. The van der Waals surface area contributed by atoms with Crippen LogP contribution in [0.25, 0.3) is 11.0 Å². The highest BCUT2D eigenvalue weighted by molar-refractivity contribution is 7.94. The van der Waals surface area contributed by atoms with Gasteiger partial charge in [0.05, 0.1) is 15.7 Å². The maximum absolute atomic E-state index is 13.3. The van der Waals surface area contributed by atoms with Crippen LogP contribution in [0.4, 0.5) is 0 Å². The molecular weight excluding hydrogens is 324 g/mol. The molecule has 0 fully saturated rings. The van der Waals surface area contributed by atoms with E-state index in [0.717, 1.165) is 26.5 Å². The number of rotatable bonds is 4. The van der Waals surface area contributed by atoms with Gasteiger partial charge in [0.25, 0.3) is 0 Å². The molecule has 0 saturated heterocycles. The average molecular weight is 346 g/mol. The molecule has 0 aliphatic rings. The fraction of sp³-hybridized carbons (Fsp3) is 0.130. The van der Waals surface area contributed by atoms with Crippen molar-refractivity contribution >= 4 is 21.8 Å². The molecule has 0 aliphatic carbocycles. The minimum absolute atomic E-state index is 0.825. The number of benzene rings is 3. The first-order chi connectivity index (χ1) is 12.0. The van der Waals surface area contributed by atoms with Crippen LogP contribution in [0.3, 0.4) is 0 Å². The van der Waals surface area contributed by atoms with E-state index in [1.54, 1.807) is 0 Å². The van der Waals surface area contributed by atoms with Crippen LogP contribution >= 0.6 is 0 Å². The summed E-state index contributed by atoms with van der Waals surface area (Å²) in [7, 11) is -1.23. The normalized spacial score (nSPS) is 12.8. The van der Waals surface area contributed by atoms with E-state index >= 15 is 0 Å². The summed E-state index contributed by atoms with van der Waals surface area (Å²) in [5.74, 6) is 0. The molecule has 126 valence electrons. The number of hydrogen-bond acceptors (Lipinski definition) is 1. The Hall–Kier alpha value is -2.45. The molecular formula is C23H22OS. The van der Waals surface area contributed by atoms with E-state index < -0.39 is 10.8 Å². The zero-order valence-corrected chi connectivity index (χ0v) is 15.6. The van der Waals surface area contributed by atoms with Crippen LogP contribution < -0.4 is 0 Å². The first kappa shape index (κ1) is 17.4. The molecule has 0 spiro atoms. The Kier molecular flexibility index (Phi) is 5.30. The van der Waals surface area contributed by atoms with Crippen LogP contribution in [0.2, 0.25) is 0 Å². The fourth-order valence-corrected chi connectivity index (χ4v) is 3.87. The van der Waals surface area contributed by atoms with Crippen molar-refractivity contribution in [2.75, 3.05) is 0 Å². The topological polar surface area (TPSA) is 17.1 Å². The lowest BCUT2D eigenvalue weighted by atomic mass is 10.1. The Morgan fingerprint density at radius 1 is 0.760 bits per heavy atom. The lowest BCUT2D eigenvalue weighted by Crippen LogP contribution is -1.97. The SMILES string of the molecule is Cc1ccc(/C=C(\c2cccc(C)c2)S(=O)c2ccc(C)cc2)cc1. The number of hydrogen-bond donors (Lipinski definition) is 0. The molecule has 0 aromatic heterocycles. The summed E-state index contributed by atoms with van der Waals surface area (Å²) in [5, 5.41) is 0. The van der Waals surface area contributed by atoms with E-state index in [1.807, 2.05) is 49.4 Å². The second-order valence-corrected chi connectivity index (χ2v) is 7.82. The Bertz CT molecular complexity index is 919. The maximum atomic E-state index is 13.3. The molecule has 0 amide bonds. The lowest BCUT2D eigenvalue weighted by molar-refractivity contribution is 0.689. The second-order valence-electron chi connectivity index (χ2n) is 6.37. The molecule has 1 atom stereocenters. The van der Waals surface area contributed by atoms with E-state index in [0.29, 0.717) is 0 Å². The molecule has 3 rings (SSSR count). The van der Waals surface area contributed by atoms with Gasteiger partial charge in [-0.2, -0.15) is 0 Å². The molecule has 25 heavy (non-hydrogen) atoms. The molecule has 0 bridgehead atoms. The van der Waals surface area contributed by atoms with E-state index in [2.05, 4.69) is 50.2 Å². The van der Waals surface area contributed by atoms with Gasteiger partial charge in [-0.1, -0.05) is 77.4 Å². The van der Waals surface area contributed by atoms with Gasteiger partial charge >= 0.3 is 0 Å². The standard InChI is InChI=1S/C23H22OS/c1-17-7-11-20(12-8-17)16-23(21-6-4-5-19(3)15-21)25(24)22-13-9-18(2)10-14-22/h4-16H,1-3H3/b23-16+. The molecule has 0 heterocycles. The fourth-order valence-electron chi connectivity index (χ4n) is 2.65. The smallest absolute Gasteiger partial charge is 0.0855 e. The van der Waals surface area contributed by atoms with Crippen molar-refractivity contribution in [3.63, 3.8) is 0 Å². The Labute approximate surface area is 152 Å². The molecule has 0 N–H and O–H groups in total. The first-order valence-electron chi connectivity index (χ1n) is 8.37. The Morgan fingerprint density at radius 2 is 1.36 bits per heavy atom. The van der Waals surface area contributed by atoms with Crippen LogP contribution in [-0.2, 0) is 10.8 Å². The summed E-state index contributed by atoms with van der Waals surface area (Å²) in [5.41, 5.74) is 5.60. The van der Waals surface area contributed by atoms with Crippen LogP contribution in [0.1, 0.15) is 27.8 Å². The van der Waals surface area contributed by atoms with Crippen molar-refractivity contribution in [2.24, 2.45) is 0 Å². The zero-order valence-electron chi connectivity index (χ0n) is 14.8. The van der Waals surface area contributed by atoms with E-state index in [-0.39, 0.29) is 0 Å². The summed E-state index contributed by atoms with van der Waals surface area (Å²) in [6.45, 7) is 6.16. The van der Waals surface area contributed by atoms with Crippen LogP contribution in [-0.4, -0.2) is 4.21 Å². The van der Waals surface area contributed by atoms with Crippen molar-refractivity contribution in [3.8, 4) is 0 Å². The molecule has 0 aliphatic heterocycles. The molecule has 2 heteroatoms. The zero-order chi connectivity index (χ0) is 17.8. The largest absolute Gasteiger partial charge is 0.249 e. The third kappa shape index (κ3) is 4.34. The van der Waals surface area contributed by atoms with Gasteiger partial charge in [0, 0.05) is 4.90 Å². The van der Waals surface area contributed by atoms with Gasteiger partial charge in [0.1, 0.15) is 0 Å². The maximum Gasteiger partial charge on any atom is 0.0855 e. The molecule has 0 radical (unpaired) electrons. The third-order valence-electron chi connectivity index (χ3n) is 4.11. The van der Waals surface area contributed by atoms with Crippen molar-refractivity contribution in [1.82, 2.24) is 0 Å². The average Bonchev–Trinajstić information content (AvgIpc) is 2.61. The molecule has 0 saturated carbocycles. The van der Waals surface area contributed by atoms with Gasteiger partial charge in [-0.3, -0.25) is 0 Å². The minimum atomic E-state index is -1.23. The Morgan fingerprint density at radius 3 is 1.96 bits per heavy atom. The Balaban J connectivity index is 2.09. The van der Waals surface area contributed by atoms with E-state index in [9.17, 15) is 4.21 Å². The van der Waals surface area contributed by atoms with Gasteiger partial charge in [-0.25, -0.2) is 4.21 Å². The predicted molar refractivity (Wildman–Crippen MR) is 108 cm³/mol. The van der Waals surface area contributed by atoms with Crippen LogP contribution in [0.5, 0.6) is 0 Å². The number of aryl methyl sites for hydroxylation is 3. The van der Waals surface area contributed by atoms with Gasteiger partial charge in [0.15, 0.2) is 0 Å². The summed E-state index contributed by atoms with van der Waals surface area (Å²) in [6.07, 6.45) is 2.03. The molecule has 1 unspecified atom stereocenters. The van der Waals surface area contributed by atoms with Gasteiger partial charge in [-0.05, 0) is 50.1 Å². The van der Waals surface area contributed by atoms with E-state index in [1.165, 1.54) is 11.1 Å². The van der Waals surface area contributed by atoms with Gasteiger partial charge in [-0.15, -0.1) is 0 Å². The quantitative estimate of drug-likeness (QED) is 0.536. The molecule has 1 nitrogen and oxygen atoms in total. The van der Waals surface area contributed by atoms with Crippen molar-refractivity contribution < 1.29 is 4.21 Å². The first-order valence-corrected chi connectivity index (χ1v) is 9.52. The van der Waals surface area contributed by atoms with Crippen LogP contribution in [0.15, 0.2) is 77.7 Å². The summed E-state index contributed by atoms with van der Waals surface area (Å²) in [4.78, 5) is 1.65. The van der Waals surface area contributed by atoms with E-state index in [4.69, 9.17) is 0 Å². The second kappa shape index (κ2) is 7.62. The van der Waals surface area contributed by atoms with Gasteiger partial charge < -0.3 is 0 Å². The van der Waals surface area contributed by atoms with Crippen molar-refractivity contribution in [2.45, 2.75) is 25.7 Å². The van der Waals surface area contributed by atoms with Crippen LogP contribution in [0, 0.1) is 20.8 Å². The molecule has 3 aromatic carbocycles. The van der Waals surface area contributed by atoms with Crippen molar-refractivity contribution in [3.05, 3.63) is 101 Å². The summed E-state index contributed by atoms with van der Waals surface area (Å²) >= 11 is 0. The summed E-state index contributed by atoms with van der Waals surface area (Å²) in [6, 6.07) is 24.4.